The minimum absolute atomic E-state index is 0.382. The van der Waals surface area contributed by atoms with Gasteiger partial charge in [-0.2, -0.15) is 0 Å². The molecule has 0 N–H and O–H groups in total. The molecule has 0 aliphatic heterocycles. The van der Waals surface area contributed by atoms with Crippen LogP contribution in [-0.2, 0) is 0 Å². The van der Waals surface area contributed by atoms with Crippen LogP contribution in [0.4, 0.5) is 0 Å². The van der Waals surface area contributed by atoms with Crippen LogP contribution in [0, 0.1) is 11.3 Å². The molecule has 0 aromatic rings. The van der Waals surface area contributed by atoms with E-state index in [1.807, 2.05) is 0 Å². The molecule has 0 radical (unpaired) electrons. The Bertz CT molecular complexity index is 274. The first-order valence-electron chi connectivity index (χ1n) is 5.70. The summed E-state index contributed by atoms with van der Waals surface area (Å²) in [6.45, 7) is 13.9. The maximum Gasteiger partial charge on any atom is -0.00969 e. The van der Waals surface area contributed by atoms with E-state index in [1.54, 1.807) is 11.1 Å². The lowest BCUT2D eigenvalue weighted by Gasteiger charge is -2.29. The van der Waals surface area contributed by atoms with Crippen LogP contribution >= 0.6 is 0 Å². The van der Waals surface area contributed by atoms with Crippen molar-refractivity contribution in [3.63, 3.8) is 0 Å². The molecule has 0 aromatic carbocycles. The summed E-state index contributed by atoms with van der Waals surface area (Å²) in [7, 11) is 0. The standard InChI is InChI=1S/C14H24/c1-10(2)9-14(5,6)13-7-11(3)12(4)8-13/h7,10H,8-9H2,1-6H3. The van der Waals surface area contributed by atoms with Crippen LogP contribution in [0.15, 0.2) is 22.8 Å². The summed E-state index contributed by atoms with van der Waals surface area (Å²) < 4.78 is 0. The summed E-state index contributed by atoms with van der Waals surface area (Å²) in [4.78, 5) is 0. The van der Waals surface area contributed by atoms with Crippen molar-refractivity contribution in [2.75, 3.05) is 0 Å². The molecule has 0 unspecified atom stereocenters. The van der Waals surface area contributed by atoms with Gasteiger partial charge in [-0.25, -0.2) is 0 Å². The van der Waals surface area contributed by atoms with Crippen LogP contribution in [0.25, 0.3) is 0 Å². The fourth-order valence-corrected chi connectivity index (χ4v) is 2.45. The zero-order chi connectivity index (χ0) is 10.9. The molecule has 0 aromatic heterocycles. The highest BCUT2D eigenvalue weighted by Crippen LogP contribution is 2.41. The van der Waals surface area contributed by atoms with E-state index in [-0.39, 0.29) is 0 Å². The van der Waals surface area contributed by atoms with E-state index < -0.39 is 0 Å². The van der Waals surface area contributed by atoms with Gasteiger partial charge in [0, 0.05) is 0 Å². The van der Waals surface area contributed by atoms with Gasteiger partial charge in [0.1, 0.15) is 0 Å². The molecule has 0 amide bonds. The van der Waals surface area contributed by atoms with E-state index in [4.69, 9.17) is 0 Å². The molecule has 0 saturated carbocycles. The predicted octanol–water partition coefficient (Wildman–Crippen LogP) is 4.73. The van der Waals surface area contributed by atoms with Crippen LogP contribution < -0.4 is 0 Å². The van der Waals surface area contributed by atoms with Gasteiger partial charge in [-0.05, 0) is 38.0 Å². The van der Waals surface area contributed by atoms with Crippen molar-refractivity contribution in [1.82, 2.24) is 0 Å². The second kappa shape index (κ2) is 3.92. The maximum atomic E-state index is 2.40. The van der Waals surface area contributed by atoms with Gasteiger partial charge in [-0.15, -0.1) is 0 Å². The molecule has 1 aliphatic rings. The lowest BCUT2D eigenvalue weighted by Crippen LogP contribution is -2.16. The second-order valence-corrected chi connectivity index (χ2v) is 5.79. The minimum atomic E-state index is 0.382. The highest BCUT2D eigenvalue weighted by molar-refractivity contribution is 5.39. The molecule has 0 saturated heterocycles. The largest absolute Gasteiger partial charge is 0.0663 e. The monoisotopic (exact) mass is 192 g/mol. The molecule has 0 nitrogen and oxygen atoms in total. The number of allylic oxidation sites excluding steroid dienone is 4. The molecular formula is C14H24. The van der Waals surface area contributed by atoms with Crippen molar-refractivity contribution in [2.45, 2.75) is 54.4 Å². The Kier molecular flexibility index (Phi) is 3.24. The van der Waals surface area contributed by atoms with E-state index in [1.165, 1.54) is 18.4 Å². The van der Waals surface area contributed by atoms with Gasteiger partial charge in [0.15, 0.2) is 0 Å². The molecule has 0 heterocycles. The van der Waals surface area contributed by atoms with Crippen molar-refractivity contribution < 1.29 is 0 Å². The smallest absolute Gasteiger partial charge is 0.00969 e. The fourth-order valence-electron chi connectivity index (χ4n) is 2.45. The van der Waals surface area contributed by atoms with Gasteiger partial charge in [0.25, 0.3) is 0 Å². The maximum absolute atomic E-state index is 2.40. The number of hydrogen-bond acceptors (Lipinski definition) is 0. The summed E-state index contributed by atoms with van der Waals surface area (Å²) in [5.74, 6) is 0.784. The number of rotatable bonds is 3. The summed E-state index contributed by atoms with van der Waals surface area (Å²) in [5, 5.41) is 0. The van der Waals surface area contributed by atoms with E-state index in [0.717, 1.165) is 5.92 Å². The van der Waals surface area contributed by atoms with Crippen LogP contribution in [0.3, 0.4) is 0 Å². The quantitative estimate of drug-likeness (QED) is 0.606. The van der Waals surface area contributed by atoms with Gasteiger partial charge in [0.2, 0.25) is 0 Å². The van der Waals surface area contributed by atoms with E-state index in [0.29, 0.717) is 5.41 Å². The Hall–Kier alpha value is -0.520. The Morgan fingerprint density at radius 3 is 2.21 bits per heavy atom. The zero-order valence-electron chi connectivity index (χ0n) is 10.6. The molecule has 0 heteroatoms. The molecule has 0 spiro atoms. The van der Waals surface area contributed by atoms with Gasteiger partial charge in [-0.1, -0.05) is 50.5 Å². The summed E-state index contributed by atoms with van der Waals surface area (Å²) in [6.07, 6.45) is 4.89. The topological polar surface area (TPSA) is 0 Å². The Morgan fingerprint density at radius 2 is 1.86 bits per heavy atom. The van der Waals surface area contributed by atoms with Crippen molar-refractivity contribution in [2.24, 2.45) is 11.3 Å². The molecule has 1 aliphatic carbocycles. The summed E-state index contributed by atoms with van der Waals surface area (Å²) in [6, 6.07) is 0. The third-order valence-corrected chi connectivity index (χ3v) is 3.31. The Balaban J connectivity index is 2.73. The molecule has 80 valence electrons. The van der Waals surface area contributed by atoms with Crippen LogP contribution in [-0.4, -0.2) is 0 Å². The van der Waals surface area contributed by atoms with E-state index in [2.05, 4.69) is 47.6 Å². The summed E-state index contributed by atoms with van der Waals surface area (Å²) in [5.41, 5.74) is 5.04. The first kappa shape index (κ1) is 11.6. The lowest BCUT2D eigenvalue weighted by molar-refractivity contribution is 0.340. The van der Waals surface area contributed by atoms with E-state index >= 15 is 0 Å². The molecule has 0 bridgehead atoms. The van der Waals surface area contributed by atoms with Gasteiger partial charge in [-0.3, -0.25) is 0 Å². The average molecular weight is 192 g/mol. The van der Waals surface area contributed by atoms with Gasteiger partial charge < -0.3 is 0 Å². The van der Waals surface area contributed by atoms with Crippen molar-refractivity contribution in [3.8, 4) is 0 Å². The lowest BCUT2D eigenvalue weighted by atomic mass is 9.76. The van der Waals surface area contributed by atoms with Crippen LogP contribution in [0.2, 0.25) is 0 Å². The molecule has 0 fully saturated rings. The molecule has 0 atom stereocenters. The minimum Gasteiger partial charge on any atom is -0.0663 e. The highest BCUT2D eigenvalue weighted by atomic mass is 14.3. The second-order valence-electron chi connectivity index (χ2n) is 5.79. The average Bonchev–Trinajstić information content (AvgIpc) is 2.30. The highest BCUT2D eigenvalue weighted by Gasteiger charge is 2.26. The predicted molar refractivity (Wildman–Crippen MR) is 64.3 cm³/mol. The third-order valence-electron chi connectivity index (χ3n) is 3.31. The summed E-state index contributed by atoms with van der Waals surface area (Å²) >= 11 is 0. The molecular weight excluding hydrogens is 168 g/mol. The first-order chi connectivity index (χ1) is 6.33. The van der Waals surface area contributed by atoms with E-state index in [9.17, 15) is 0 Å². The molecule has 14 heavy (non-hydrogen) atoms. The Labute approximate surface area is 89.1 Å². The molecule has 1 rings (SSSR count). The van der Waals surface area contributed by atoms with Crippen molar-refractivity contribution >= 4 is 0 Å². The van der Waals surface area contributed by atoms with Crippen LogP contribution in [0.1, 0.15) is 54.4 Å². The van der Waals surface area contributed by atoms with Gasteiger partial charge >= 0.3 is 0 Å². The number of hydrogen-bond donors (Lipinski definition) is 0. The third kappa shape index (κ3) is 2.50. The van der Waals surface area contributed by atoms with Crippen LogP contribution in [0.5, 0.6) is 0 Å². The van der Waals surface area contributed by atoms with Crippen molar-refractivity contribution in [3.05, 3.63) is 22.8 Å². The fraction of sp³-hybridized carbons (Fsp3) is 0.714. The normalized spacial score (nSPS) is 18.1. The van der Waals surface area contributed by atoms with Crippen molar-refractivity contribution in [1.29, 1.82) is 0 Å². The zero-order valence-corrected chi connectivity index (χ0v) is 10.6. The SMILES string of the molecule is CC1=C(C)CC(C(C)(C)CC(C)C)=C1. The van der Waals surface area contributed by atoms with Gasteiger partial charge in [0.05, 0.1) is 0 Å². The Morgan fingerprint density at radius 1 is 1.29 bits per heavy atom. The first-order valence-corrected chi connectivity index (χ1v) is 5.70.